The lowest BCUT2D eigenvalue weighted by molar-refractivity contribution is -0.166. The zero-order chi connectivity index (χ0) is 22.6. The maximum atomic E-state index is 12.6. The number of anilines is 1. The molecular formula is C17H26N4O8Si. The van der Waals surface area contributed by atoms with Crippen molar-refractivity contribution >= 4 is 32.1 Å². The lowest BCUT2D eigenvalue weighted by atomic mass is 10.1. The van der Waals surface area contributed by atoms with E-state index < -0.39 is 56.4 Å². The third-order valence-electron chi connectivity index (χ3n) is 3.83. The van der Waals surface area contributed by atoms with Gasteiger partial charge >= 0.3 is 23.6 Å². The van der Waals surface area contributed by atoms with E-state index >= 15 is 0 Å². The third-order valence-corrected chi connectivity index (χ3v) is 4.80. The van der Waals surface area contributed by atoms with Gasteiger partial charge in [-0.1, -0.05) is 19.6 Å². The van der Waals surface area contributed by atoms with Gasteiger partial charge in [-0.05, 0) is 0 Å². The minimum absolute atomic E-state index is 0.172. The Labute approximate surface area is 174 Å². The van der Waals surface area contributed by atoms with E-state index in [0.29, 0.717) is 0 Å². The fraction of sp³-hybridized carbons (Fsp3) is 0.647. The van der Waals surface area contributed by atoms with Crippen LogP contribution in [-0.4, -0.2) is 65.6 Å². The molecule has 4 atom stereocenters. The topological polar surface area (TPSA) is 148 Å². The second-order valence-corrected chi connectivity index (χ2v) is 12.5. The molecule has 166 valence electrons. The SMILES string of the molecule is CC(=O)OC[C@H]1O[C@@H](n2cnc(N[Si](C)(C)C)nc2=O)[C@@H](OC(C)=O)C1OC(C)=O. The Morgan fingerprint density at radius 2 is 1.70 bits per heavy atom. The third kappa shape index (κ3) is 6.35. The summed E-state index contributed by atoms with van der Waals surface area (Å²) in [5.41, 5.74) is -0.706. The van der Waals surface area contributed by atoms with Crippen molar-refractivity contribution in [3.05, 3.63) is 16.8 Å². The molecule has 1 aromatic heterocycles. The molecule has 0 aliphatic carbocycles. The number of carbonyl (C=O) groups is 3. The zero-order valence-corrected chi connectivity index (χ0v) is 18.7. The van der Waals surface area contributed by atoms with Crippen molar-refractivity contribution in [1.82, 2.24) is 14.5 Å². The summed E-state index contributed by atoms with van der Waals surface area (Å²) in [7, 11) is -1.80. The van der Waals surface area contributed by atoms with Crippen molar-refractivity contribution < 1.29 is 33.3 Å². The van der Waals surface area contributed by atoms with Gasteiger partial charge in [-0.2, -0.15) is 4.98 Å². The predicted octanol–water partition coefficient (Wildman–Crippen LogP) is 0.209. The molecule has 0 spiro atoms. The van der Waals surface area contributed by atoms with Crippen LogP contribution in [-0.2, 0) is 33.3 Å². The second kappa shape index (κ2) is 9.34. The number of nitrogens with zero attached hydrogens (tertiary/aromatic N) is 3. The highest BCUT2D eigenvalue weighted by Gasteiger charge is 2.51. The van der Waals surface area contributed by atoms with Gasteiger partial charge in [-0.3, -0.25) is 19.0 Å². The smallest absolute Gasteiger partial charge is 0.354 e. The van der Waals surface area contributed by atoms with Gasteiger partial charge in [-0.15, -0.1) is 0 Å². The molecule has 0 radical (unpaired) electrons. The van der Waals surface area contributed by atoms with E-state index in [2.05, 4.69) is 15.0 Å². The Morgan fingerprint density at radius 3 is 2.20 bits per heavy atom. The number of hydrogen-bond acceptors (Lipinski definition) is 11. The van der Waals surface area contributed by atoms with Crippen LogP contribution in [0.15, 0.2) is 11.1 Å². The van der Waals surface area contributed by atoms with Crippen molar-refractivity contribution in [3.8, 4) is 0 Å². The maximum Gasteiger partial charge on any atom is 0.354 e. The van der Waals surface area contributed by atoms with Crippen molar-refractivity contribution in [1.29, 1.82) is 0 Å². The molecule has 12 nitrogen and oxygen atoms in total. The molecule has 1 aromatic rings. The number of carbonyl (C=O) groups excluding carboxylic acids is 3. The van der Waals surface area contributed by atoms with E-state index in [9.17, 15) is 19.2 Å². The first kappa shape index (κ1) is 23.5. The quantitative estimate of drug-likeness (QED) is 0.351. The van der Waals surface area contributed by atoms with Crippen LogP contribution in [0.1, 0.15) is 27.0 Å². The fourth-order valence-corrected chi connectivity index (χ4v) is 3.62. The van der Waals surface area contributed by atoms with Crippen LogP contribution >= 0.6 is 0 Å². The highest BCUT2D eigenvalue weighted by atomic mass is 28.3. The molecule has 1 unspecified atom stereocenters. The van der Waals surface area contributed by atoms with Crippen LogP contribution in [0.3, 0.4) is 0 Å². The van der Waals surface area contributed by atoms with Gasteiger partial charge in [0.1, 0.15) is 27.3 Å². The number of rotatable bonds is 7. The molecule has 0 amide bonds. The molecule has 30 heavy (non-hydrogen) atoms. The van der Waals surface area contributed by atoms with E-state index in [-0.39, 0.29) is 12.6 Å². The van der Waals surface area contributed by atoms with E-state index in [1.807, 2.05) is 19.6 Å². The van der Waals surface area contributed by atoms with Crippen molar-refractivity contribution in [3.63, 3.8) is 0 Å². The number of esters is 3. The Morgan fingerprint density at radius 1 is 1.10 bits per heavy atom. The summed E-state index contributed by atoms with van der Waals surface area (Å²) in [6, 6.07) is 0. The summed E-state index contributed by atoms with van der Waals surface area (Å²) in [6.45, 7) is 9.33. The number of ether oxygens (including phenoxy) is 4. The highest BCUT2D eigenvalue weighted by molar-refractivity contribution is 6.79. The van der Waals surface area contributed by atoms with Crippen LogP contribution < -0.4 is 10.7 Å². The Kier molecular flexibility index (Phi) is 7.31. The van der Waals surface area contributed by atoms with Gasteiger partial charge in [0.15, 0.2) is 18.4 Å². The predicted molar refractivity (Wildman–Crippen MR) is 105 cm³/mol. The molecule has 1 N–H and O–H groups in total. The minimum Gasteiger partial charge on any atom is -0.463 e. The molecule has 1 aliphatic heterocycles. The average Bonchev–Trinajstić information content (AvgIpc) is 2.88. The molecule has 2 heterocycles. The monoisotopic (exact) mass is 442 g/mol. The number of nitrogens with one attached hydrogen (secondary N) is 1. The lowest BCUT2D eigenvalue weighted by Crippen LogP contribution is -2.42. The first-order chi connectivity index (χ1) is 13.9. The second-order valence-electron chi connectivity index (χ2n) is 7.76. The van der Waals surface area contributed by atoms with Crippen LogP contribution in [0, 0.1) is 0 Å². The van der Waals surface area contributed by atoms with Crippen molar-refractivity contribution in [2.75, 3.05) is 11.6 Å². The Bertz CT molecular complexity index is 868. The average molecular weight is 443 g/mol. The number of hydrogen-bond donors (Lipinski definition) is 1. The van der Waals surface area contributed by atoms with Gasteiger partial charge in [0, 0.05) is 20.8 Å². The molecular weight excluding hydrogens is 416 g/mol. The summed E-state index contributed by atoms with van der Waals surface area (Å²) >= 11 is 0. The summed E-state index contributed by atoms with van der Waals surface area (Å²) in [6.07, 6.45) is -3.24. The Balaban J connectivity index is 2.39. The number of aromatic nitrogens is 3. The standard InChI is InChI=1S/C17H26N4O8Si/c1-9(22)26-7-12-13(27-10(2)23)14(28-11(3)24)15(29-12)21-8-18-16(19-17(21)25)20-30(4,5)6/h8,12-15H,7H2,1-6H3,(H,19,20,25)/t12-,13?,14+,15-/m1/s1. The molecule has 0 aromatic carbocycles. The highest BCUT2D eigenvalue weighted by Crippen LogP contribution is 2.33. The van der Waals surface area contributed by atoms with Gasteiger partial charge in [0.25, 0.3) is 0 Å². The molecule has 1 fully saturated rings. The molecule has 0 saturated carbocycles. The maximum absolute atomic E-state index is 12.6. The summed E-state index contributed by atoms with van der Waals surface area (Å²) in [4.78, 5) is 58.2. The molecule has 13 heteroatoms. The fourth-order valence-electron chi connectivity index (χ4n) is 2.83. The summed E-state index contributed by atoms with van der Waals surface area (Å²) < 4.78 is 22.3. The molecule has 1 aliphatic rings. The molecule has 1 saturated heterocycles. The van der Waals surface area contributed by atoms with Gasteiger partial charge in [-0.25, -0.2) is 9.78 Å². The van der Waals surface area contributed by atoms with E-state index in [4.69, 9.17) is 18.9 Å². The zero-order valence-electron chi connectivity index (χ0n) is 17.7. The van der Waals surface area contributed by atoms with Crippen LogP contribution in [0.5, 0.6) is 0 Å². The van der Waals surface area contributed by atoms with Crippen molar-refractivity contribution in [2.45, 2.75) is 65.0 Å². The normalized spacial score (nSPS) is 23.5. The molecule has 0 bridgehead atoms. The van der Waals surface area contributed by atoms with Gasteiger partial charge in [0.2, 0.25) is 5.95 Å². The summed E-state index contributed by atoms with van der Waals surface area (Å²) in [5, 5.41) is 0. The first-order valence-corrected chi connectivity index (χ1v) is 12.7. The van der Waals surface area contributed by atoms with Gasteiger partial charge < -0.3 is 23.9 Å². The Hall–Kier alpha value is -2.80. The largest absolute Gasteiger partial charge is 0.463 e. The lowest BCUT2D eigenvalue weighted by Gasteiger charge is -2.24. The summed E-state index contributed by atoms with van der Waals surface area (Å²) in [5.74, 6) is -1.74. The molecule has 2 rings (SSSR count). The van der Waals surface area contributed by atoms with E-state index in [1.54, 1.807) is 0 Å². The van der Waals surface area contributed by atoms with E-state index in [0.717, 1.165) is 4.57 Å². The minimum atomic E-state index is -1.80. The van der Waals surface area contributed by atoms with Crippen LogP contribution in [0.4, 0.5) is 5.95 Å². The van der Waals surface area contributed by atoms with Gasteiger partial charge in [0.05, 0.1) is 0 Å². The van der Waals surface area contributed by atoms with Crippen LogP contribution in [0.25, 0.3) is 0 Å². The van der Waals surface area contributed by atoms with Crippen LogP contribution in [0.2, 0.25) is 19.6 Å². The van der Waals surface area contributed by atoms with Crippen molar-refractivity contribution in [2.24, 2.45) is 0 Å². The first-order valence-electron chi connectivity index (χ1n) is 9.24. The van der Waals surface area contributed by atoms with E-state index in [1.165, 1.54) is 27.1 Å².